The second kappa shape index (κ2) is 4.86. The minimum Gasteiger partial charge on any atom is -0.484 e. The molecule has 1 aromatic carbocycles. The summed E-state index contributed by atoms with van der Waals surface area (Å²) in [6, 6.07) is 6.17. The average molecular weight is 240 g/mol. The zero-order chi connectivity index (χ0) is 11.4. The Balaban J connectivity index is 2.05. The Labute approximate surface area is 95.2 Å². The Hall–Kier alpha value is -1.73. The van der Waals surface area contributed by atoms with E-state index in [0.29, 0.717) is 10.7 Å². The van der Waals surface area contributed by atoms with E-state index < -0.39 is 5.82 Å². The van der Waals surface area contributed by atoms with Crippen LogP contribution in [0.15, 0.2) is 24.3 Å². The van der Waals surface area contributed by atoms with Crippen molar-refractivity contribution >= 4 is 16.5 Å². The van der Waals surface area contributed by atoms with Crippen LogP contribution in [0.5, 0.6) is 5.75 Å². The normalized spacial score (nSPS) is 10.1. The highest BCUT2D eigenvalue weighted by molar-refractivity contribution is 7.10. The number of hydrazine groups is 1. The fourth-order valence-electron chi connectivity index (χ4n) is 1.12. The summed E-state index contributed by atoms with van der Waals surface area (Å²) in [5.74, 6) is 5.01. The second-order valence-electron chi connectivity index (χ2n) is 2.91. The quantitative estimate of drug-likeness (QED) is 0.626. The highest BCUT2D eigenvalue weighted by Gasteiger charge is 2.08. The van der Waals surface area contributed by atoms with E-state index in [1.807, 2.05) is 0 Å². The molecule has 0 aliphatic rings. The Bertz CT molecular complexity index is 476. The molecule has 2 aromatic rings. The van der Waals surface area contributed by atoms with Crippen molar-refractivity contribution in [3.8, 4) is 5.75 Å². The lowest BCUT2D eigenvalue weighted by Gasteiger charge is -2.05. The molecule has 0 radical (unpaired) electrons. The van der Waals surface area contributed by atoms with E-state index in [1.165, 1.54) is 6.07 Å². The van der Waals surface area contributed by atoms with Gasteiger partial charge in [0.05, 0.1) is 0 Å². The number of hydrogen-bond acceptors (Lipinski definition) is 6. The Morgan fingerprint density at radius 2 is 2.25 bits per heavy atom. The molecule has 7 heteroatoms. The molecule has 0 spiro atoms. The number of para-hydroxylation sites is 1. The first-order chi connectivity index (χ1) is 7.81. The smallest absolute Gasteiger partial charge is 0.165 e. The lowest BCUT2D eigenvalue weighted by atomic mass is 10.3. The number of nitrogens with one attached hydrogen (secondary N) is 1. The number of benzene rings is 1. The second-order valence-corrected chi connectivity index (χ2v) is 3.67. The number of rotatable bonds is 4. The number of nitrogens with zero attached hydrogens (tertiary/aromatic N) is 2. The predicted molar refractivity (Wildman–Crippen MR) is 58.5 cm³/mol. The molecular formula is C9H9FN4OS. The van der Waals surface area contributed by atoms with Crippen molar-refractivity contribution in [2.45, 2.75) is 6.61 Å². The Morgan fingerprint density at radius 3 is 3.00 bits per heavy atom. The molecule has 3 N–H and O–H groups in total. The van der Waals surface area contributed by atoms with Crippen LogP contribution in [0, 0.1) is 5.82 Å². The minimum atomic E-state index is -0.409. The van der Waals surface area contributed by atoms with E-state index in [1.54, 1.807) is 18.2 Å². The van der Waals surface area contributed by atoms with Crippen molar-refractivity contribution in [3.05, 3.63) is 35.8 Å². The van der Waals surface area contributed by atoms with E-state index >= 15 is 0 Å². The van der Waals surface area contributed by atoms with Crippen LogP contribution < -0.4 is 16.0 Å². The van der Waals surface area contributed by atoms with Gasteiger partial charge in [-0.25, -0.2) is 10.2 Å². The molecule has 0 unspecified atom stereocenters. The fraction of sp³-hybridized carbons (Fsp3) is 0.111. The number of anilines is 1. The van der Waals surface area contributed by atoms with E-state index in [4.69, 9.17) is 10.6 Å². The van der Waals surface area contributed by atoms with Crippen LogP contribution in [0.2, 0.25) is 0 Å². The first-order valence-corrected chi connectivity index (χ1v) is 5.24. The van der Waals surface area contributed by atoms with Crippen LogP contribution in [0.3, 0.4) is 0 Å². The third-order valence-corrected chi connectivity index (χ3v) is 2.59. The van der Waals surface area contributed by atoms with Gasteiger partial charge in [-0.15, -0.1) is 5.10 Å². The van der Waals surface area contributed by atoms with E-state index in [9.17, 15) is 4.39 Å². The van der Waals surface area contributed by atoms with Crippen LogP contribution in [0.1, 0.15) is 5.69 Å². The van der Waals surface area contributed by atoms with Gasteiger partial charge in [-0.05, 0) is 12.1 Å². The molecule has 84 valence electrons. The fourth-order valence-corrected chi connectivity index (χ4v) is 1.60. The van der Waals surface area contributed by atoms with Gasteiger partial charge in [0.15, 0.2) is 16.6 Å². The topological polar surface area (TPSA) is 73.1 Å². The summed E-state index contributed by atoms with van der Waals surface area (Å²) in [6.07, 6.45) is 0. The standard InChI is InChI=1S/C9H9FN4OS/c10-6-3-1-2-4-8(6)15-5-7-9(12-11)16-14-13-7/h1-4,12H,5,11H2. The lowest BCUT2D eigenvalue weighted by Crippen LogP contribution is -2.08. The third kappa shape index (κ3) is 2.26. The van der Waals surface area contributed by atoms with Gasteiger partial charge in [0.2, 0.25) is 0 Å². The molecule has 0 saturated heterocycles. The van der Waals surface area contributed by atoms with Crippen LogP contribution in [-0.2, 0) is 6.61 Å². The molecule has 0 aliphatic carbocycles. The highest BCUT2D eigenvalue weighted by atomic mass is 32.1. The van der Waals surface area contributed by atoms with Crippen molar-refractivity contribution in [2.75, 3.05) is 5.43 Å². The van der Waals surface area contributed by atoms with Crippen LogP contribution in [-0.4, -0.2) is 9.59 Å². The molecule has 0 amide bonds. The monoisotopic (exact) mass is 240 g/mol. The summed E-state index contributed by atoms with van der Waals surface area (Å²) >= 11 is 1.12. The Kier molecular flexibility index (Phi) is 3.28. The Morgan fingerprint density at radius 1 is 1.44 bits per heavy atom. The van der Waals surface area contributed by atoms with Crippen molar-refractivity contribution in [3.63, 3.8) is 0 Å². The number of hydrogen-bond donors (Lipinski definition) is 2. The SMILES string of the molecule is NNc1snnc1COc1ccccc1F. The lowest BCUT2D eigenvalue weighted by molar-refractivity contribution is 0.286. The summed E-state index contributed by atoms with van der Waals surface area (Å²) < 4.78 is 22.2. The maximum atomic E-state index is 13.2. The molecule has 1 heterocycles. The van der Waals surface area contributed by atoms with E-state index in [2.05, 4.69) is 15.0 Å². The summed E-state index contributed by atoms with van der Waals surface area (Å²) in [5, 5.41) is 4.42. The molecule has 0 fully saturated rings. The maximum Gasteiger partial charge on any atom is 0.165 e. The number of aromatic nitrogens is 2. The zero-order valence-electron chi connectivity index (χ0n) is 8.18. The van der Waals surface area contributed by atoms with Crippen LogP contribution in [0.25, 0.3) is 0 Å². The molecule has 2 rings (SSSR count). The molecule has 0 bridgehead atoms. The summed E-state index contributed by atoms with van der Waals surface area (Å²) in [5.41, 5.74) is 3.00. The zero-order valence-corrected chi connectivity index (χ0v) is 9.00. The van der Waals surface area contributed by atoms with Crippen molar-refractivity contribution in [2.24, 2.45) is 5.84 Å². The molecular weight excluding hydrogens is 231 g/mol. The molecule has 1 aromatic heterocycles. The number of halogens is 1. The van der Waals surface area contributed by atoms with Gasteiger partial charge in [-0.2, -0.15) is 0 Å². The summed E-state index contributed by atoms with van der Waals surface area (Å²) in [7, 11) is 0. The first-order valence-electron chi connectivity index (χ1n) is 4.46. The number of nitrogen functional groups attached to an aromatic ring is 1. The average Bonchev–Trinajstić information content (AvgIpc) is 2.75. The highest BCUT2D eigenvalue weighted by Crippen LogP contribution is 2.20. The van der Waals surface area contributed by atoms with E-state index in [-0.39, 0.29) is 12.4 Å². The van der Waals surface area contributed by atoms with Crippen LogP contribution >= 0.6 is 11.5 Å². The molecule has 0 saturated carbocycles. The van der Waals surface area contributed by atoms with Crippen molar-refractivity contribution in [1.29, 1.82) is 0 Å². The summed E-state index contributed by atoms with van der Waals surface area (Å²) in [6.45, 7) is 0.122. The van der Waals surface area contributed by atoms with Crippen molar-refractivity contribution < 1.29 is 9.13 Å². The van der Waals surface area contributed by atoms with Gasteiger partial charge in [-0.3, -0.25) is 0 Å². The molecule has 0 aliphatic heterocycles. The molecule has 0 atom stereocenters. The van der Waals surface area contributed by atoms with Gasteiger partial charge < -0.3 is 10.2 Å². The maximum absolute atomic E-state index is 13.2. The van der Waals surface area contributed by atoms with Gasteiger partial charge in [0.1, 0.15) is 12.3 Å². The van der Waals surface area contributed by atoms with E-state index in [0.717, 1.165) is 11.5 Å². The number of nitrogens with two attached hydrogens (primary N) is 1. The largest absolute Gasteiger partial charge is 0.484 e. The van der Waals surface area contributed by atoms with Crippen LogP contribution in [0.4, 0.5) is 9.39 Å². The predicted octanol–water partition coefficient (Wildman–Crippen LogP) is 1.54. The van der Waals surface area contributed by atoms with Gasteiger partial charge in [-0.1, -0.05) is 16.6 Å². The first kappa shape index (κ1) is 10.8. The third-order valence-electron chi connectivity index (χ3n) is 1.89. The van der Waals surface area contributed by atoms with Crippen molar-refractivity contribution in [1.82, 2.24) is 9.59 Å². The van der Waals surface area contributed by atoms with Gasteiger partial charge >= 0.3 is 0 Å². The molecule has 5 nitrogen and oxygen atoms in total. The number of ether oxygens (including phenoxy) is 1. The van der Waals surface area contributed by atoms with Gasteiger partial charge in [0.25, 0.3) is 0 Å². The minimum absolute atomic E-state index is 0.122. The molecule has 16 heavy (non-hydrogen) atoms. The van der Waals surface area contributed by atoms with Gasteiger partial charge in [0, 0.05) is 11.5 Å². The summed E-state index contributed by atoms with van der Waals surface area (Å²) in [4.78, 5) is 0.